The highest BCUT2D eigenvalue weighted by Gasteiger charge is 2.36. The zero-order valence-corrected chi connectivity index (χ0v) is 10.9. The van der Waals surface area contributed by atoms with E-state index in [1.165, 1.54) is 12.1 Å². The van der Waals surface area contributed by atoms with Gasteiger partial charge >= 0.3 is 12.1 Å². The number of hydrogen-bond donors (Lipinski definition) is 0. The molecule has 7 heteroatoms. The first-order valence-electron chi connectivity index (χ1n) is 4.38. The van der Waals surface area contributed by atoms with Gasteiger partial charge in [-0.2, -0.15) is 13.2 Å². The monoisotopic (exact) mass is 330 g/mol. The summed E-state index contributed by atoms with van der Waals surface area (Å²) in [7, 11) is 1.15. The average molecular weight is 332 g/mol. The molecule has 0 bridgehead atoms. The Morgan fingerprint density at radius 2 is 2.06 bits per heavy atom. The molecule has 0 radical (unpaired) electrons. The van der Waals surface area contributed by atoms with Crippen LogP contribution in [0.3, 0.4) is 0 Å². The summed E-state index contributed by atoms with van der Waals surface area (Å²) < 4.78 is 42.2. The fourth-order valence-corrected chi connectivity index (χ4v) is 2.23. The number of methoxy groups -OCH3 is 1. The average Bonchev–Trinajstić information content (AvgIpc) is 2.20. The SMILES string of the molecule is COC(=O)Cc1ccc(Br)c(C(F)(F)F)c1Cl. The second-order valence-electron chi connectivity index (χ2n) is 3.15. The van der Waals surface area contributed by atoms with E-state index in [-0.39, 0.29) is 16.5 Å². The number of hydrogen-bond acceptors (Lipinski definition) is 2. The number of ether oxygens (including phenoxy) is 1. The molecule has 1 aromatic rings. The fourth-order valence-electron chi connectivity index (χ4n) is 1.22. The largest absolute Gasteiger partial charge is 0.469 e. The molecule has 0 amide bonds. The van der Waals surface area contributed by atoms with Crippen LogP contribution in [0.4, 0.5) is 13.2 Å². The number of halogens is 5. The van der Waals surface area contributed by atoms with Gasteiger partial charge in [-0.25, -0.2) is 0 Å². The summed E-state index contributed by atoms with van der Waals surface area (Å²) in [6.45, 7) is 0. The molecular formula is C10H7BrClF3O2. The lowest BCUT2D eigenvalue weighted by molar-refractivity contribution is -0.140. The van der Waals surface area contributed by atoms with Crippen LogP contribution in [0.1, 0.15) is 11.1 Å². The van der Waals surface area contributed by atoms with Crippen LogP contribution in [-0.4, -0.2) is 13.1 Å². The lowest BCUT2D eigenvalue weighted by atomic mass is 10.1. The molecule has 0 atom stereocenters. The second kappa shape index (κ2) is 5.27. The summed E-state index contributed by atoms with van der Waals surface area (Å²) in [6.07, 6.45) is -4.88. The Morgan fingerprint density at radius 1 is 1.47 bits per heavy atom. The highest BCUT2D eigenvalue weighted by molar-refractivity contribution is 9.10. The number of carbonyl (C=O) groups excluding carboxylic acids is 1. The van der Waals surface area contributed by atoms with Crippen molar-refractivity contribution in [3.63, 3.8) is 0 Å². The molecule has 0 saturated heterocycles. The van der Waals surface area contributed by atoms with Gasteiger partial charge in [-0.15, -0.1) is 0 Å². The third kappa shape index (κ3) is 3.35. The van der Waals surface area contributed by atoms with Crippen molar-refractivity contribution >= 4 is 33.5 Å². The lowest BCUT2D eigenvalue weighted by Crippen LogP contribution is -2.11. The first-order chi connectivity index (χ1) is 7.77. The highest BCUT2D eigenvalue weighted by Crippen LogP contribution is 2.41. The molecule has 0 N–H and O–H groups in total. The summed E-state index contributed by atoms with van der Waals surface area (Å²) in [4.78, 5) is 11.0. The van der Waals surface area contributed by atoms with Crippen LogP contribution in [0, 0.1) is 0 Å². The summed E-state index contributed by atoms with van der Waals surface area (Å²) in [5.41, 5.74) is -0.908. The van der Waals surface area contributed by atoms with E-state index in [1.807, 2.05) is 0 Å². The Hall–Kier alpha value is -0.750. The summed E-state index contributed by atoms with van der Waals surface area (Å²) in [5.74, 6) is -0.651. The van der Waals surface area contributed by atoms with Gasteiger partial charge < -0.3 is 4.74 Å². The third-order valence-electron chi connectivity index (χ3n) is 2.02. The van der Waals surface area contributed by atoms with Gasteiger partial charge in [0.1, 0.15) is 0 Å². The molecule has 17 heavy (non-hydrogen) atoms. The zero-order chi connectivity index (χ0) is 13.2. The van der Waals surface area contributed by atoms with Gasteiger partial charge in [-0.1, -0.05) is 33.6 Å². The molecule has 0 aliphatic carbocycles. The van der Waals surface area contributed by atoms with Crippen molar-refractivity contribution in [2.75, 3.05) is 7.11 Å². The maximum absolute atomic E-state index is 12.7. The van der Waals surface area contributed by atoms with E-state index in [2.05, 4.69) is 20.7 Å². The summed E-state index contributed by atoms with van der Waals surface area (Å²) in [5, 5.41) is -0.489. The van der Waals surface area contributed by atoms with Crippen molar-refractivity contribution in [1.82, 2.24) is 0 Å². The van der Waals surface area contributed by atoms with Gasteiger partial charge in [0.15, 0.2) is 0 Å². The normalized spacial score (nSPS) is 11.4. The molecule has 0 saturated carbocycles. The molecule has 94 valence electrons. The molecule has 2 nitrogen and oxygen atoms in total. The zero-order valence-electron chi connectivity index (χ0n) is 8.57. The van der Waals surface area contributed by atoms with E-state index in [0.29, 0.717) is 0 Å². The summed E-state index contributed by atoms with van der Waals surface area (Å²) in [6, 6.07) is 2.55. The van der Waals surface area contributed by atoms with E-state index >= 15 is 0 Å². The predicted octanol–water partition coefficient (Wildman–Crippen LogP) is 3.84. The highest BCUT2D eigenvalue weighted by atomic mass is 79.9. The van der Waals surface area contributed by atoms with Crippen LogP contribution in [-0.2, 0) is 22.1 Å². The van der Waals surface area contributed by atoms with Gasteiger partial charge in [0, 0.05) is 4.47 Å². The molecule has 0 aromatic heterocycles. The van der Waals surface area contributed by atoms with Gasteiger partial charge in [0.25, 0.3) is 0 Å². The Balaban J connectivity index is 3.24. The second-order valence-corrected chi connectivity index (χ2v) is 4.38. The van der Waals surface area contributed by atoms with E-state index in [0.717, 1.165) is 7.11 Å². The number of carbonyl (C=O) groups is 1. The van der Waals surface area contributed by atoms with Crippen LogP contribution in [0.15, 0.2) is 16.6 Å². The molecular weight excluding hydrogens is 324 g/mol. The van der Waals surface area contributed by atoms with Crippen molar-refractivity contribution in [2.45, 2.75) is 12.6 Å². The minimum atomic E-state index is -4.58. The van der Waals surface area contributed by atoms with Crippen molar-refractivity contribution < 1.29 is 22.7 Å². The topological polar surface area (TPSA) is 26.3 Å². The Labute approximate surface area is 109 Å². The summed E-state index contributed by atoms with van der Waals surface area (Å²) >= 11 is 8.42. The van der Waals surface area contributed by atoms with Gasteiger partial charge in [0.05, 0.1) is 24.1 Å². The van der Waals surface area contributed by atoms with E-state index in [4.69, 9.17) is 11.6 Å². The van der Waals surface area contributed by atoms with Gasteiger partial charge in [-0.3, -0.25) is 4.79 Å². The Kier molecular flexibility index (Phi) is 4.43. The molecule has 1 aromatic carbocycles. The number of benzene rings is 1. The Morgan fingerprint density at radius 3 is 2.53 bits per heavy atom. The minimum absolute atomic E-state index is 0.0778. The molecule has 0 aliphatic heterocycles. The first-order valence-corrected chi connectivity index (χ1v) is 5.55. The Bertz CT molecular complexity index is 446. The van der Waals surface area contributed by atoms with E-state index in [1.54, 1.807) is 0 Å². The number of rotatable bonds is 2. The minimum Gasteiger partial charge on any atom is -0.469 e. The van der Waals surface area contributed by atoms with Crippen molar-refractivity contribution in [2.24, 2.45) is 0 Å². The van der Waals surface area contributed by atoms with Crippen molar-refractivity contribution in [1.29, 1.82) is 0 Å². The van der Waals surface area contributed by atoms with Crippen molar-refractivity contribution in [3.05, 3.63) is 32.8 Å². The fraction of sp³-hybridized carbons (Fsp3) is 0.300. The lowest BCUT2D eigenvalue weighted by Gasteiger charge is -2.13. The van der Waals surface area contributed by atoms with Crippen LogP contribution >= 0.6 is 27.5 Å². The molecule has 0 spiro atoms. The smallest absolute Gasteiger partial charge is 0.418 e. The van der Waals surface area contributed by atoms with E-state index in [9.17, 15) is 18.0 Å². The molecule has 0 fully saturated rings. The predicted molar refractivity (Wildman–Crippen MR) is 59.9 cm³/mol. The van der Waals surface area contributed by atoms with Crippen LogP contribution < -0.4 is 0 Å². The first kappa shape index (κ1) is 14.3. The quantitative estimate of drug-likeness (QED) is 0.770. The van der Waals surface area contributed by atoms with Crippen LogP contribution in [0.25, 0.3) is 0 Å². The number of alkyl halides is 3. The molecule has 0 unspecified atom stereocenters. The van der Waals surface area contributed by atoms with Crippen LogP contribution in [0.2, 0.25) is 5.02 Å². The molecule has 0 heterocycles. The van der Waals surface area contributed by atoms with Gasteiger partial charge in [0.2, 0.25) is 0 Å². The molecule has 0 aliphatic rings. The van der Waals surface area contributed by atoms with E-state index < -0.39 is 22.7 Å². The number of esters is 1. The molecule has 1 rings (SSSR count). The van der Waals surface area contributed by atoms with Crippen LogP contribution in [0.5, 0.6) is 0 Å². The maximum atomic E-state index is 12.7. The third-order valence-corrected chi connectivity index (χ3v) is 3.11. The van der Waals surface area contributed by atoms with Gasteiger partial charge in [-0.05, 0) is 11.6 Å². The standard InChI is InChI=1S/C10H7BrClF3O2/c1-17-7(16)4-5-2-3-6(11)8(9(5)12)10(13,14)15/h2-3H,4H2,1H3. The maximum Gasteiger partial charge on any atom is 0.418 e. The van der Waals surface area contributed by atoms with Crippen molar-refractivity contribution in [3.8, 4) is 0 Å².